The summed E-state index contributed by atoms with van der Waals surface area (Å²) in [5, 5.41) is 2.81. The lowest BCUT2D eigenvalue weighted by Gasteiger charge is -2.05. The van der Waals surface area contributed by atoms with Crippen molar-refractivity contribution in [1.82, 2.24) is 14.7 Å². The first kappa shape index (κ1) is 17.4. The summed E-state index contributed by atoms with van der Waals surface area (Å²) in [6.45, 7) is 2.28. The van der Waals surface area contributed by atoms with Crippen molar-refractivity contribution in [3.05, 3.63) is 82.5 Å². The maximum atomic E-state index is 13.2. The molecule has 0 atom stereocenters. The minimum absolute atomic E-state index is 0.285. The van der Waals surface area contributed by atoms with Gasteiger partial charge in [-0.2, -0.15) is 0 Å². The zero-order valence-corrected chi connectivity index (χ0v) is 15.2. The number of nitrogens with zero attached hydrogens (tertiary/aromatic N) is 2. The highest BCUT2D eigenvalue weighted by Crippen LogP contribution is 2.27. The van der Waals surface area contributed by atoms with Gasteiger partial charge in [0, 0.05) is 27.9 Å². The zero-order chi connectivity index (χ0) is 19.0. The molecule has 0 bridgehead atoms. The van der Waals surface area contributed by atoms with Gasteiger partial charge in [-0.1, -0.05) is 17.4 Å². The van der Waals surface area contributed by atoms with Crippen molar-refractivity contribution >= 4 is 22.2 Å². The normalized spacial score (nSPS) is 11.1. The summed E-state index contributed by atoms with van der Waals surface area (Å²) < 4.78 is 28.3. The van der Waals surface area contributed by atoms with Crippen molar-refractivity contribution in [2.45, 2.75) is 13.5 Å². The van der Waals surface area contributed by atoms with E-state index in [0.717, 1.165) is 26.8 Å². The van der Waals surface area contributed by atoms with Crippen LogP contribution in [-0.2, 0) is 6.54 Å². The van der Waals surface area contributed by atoms with Crippen LogP contribution in [0.1, 0.15) is 20.9 Å². The van der Waals surface area contributed by atoms with E-state index in [1.807, 2.05) is 17.5 Å². The van der Waals surface area contributed by atoms with Crippen molar-refractivity contribution in [2.75, 3.05) is 0 Å². The second-order valence-electron chi connectivity index (χ2n) is 6.09. The Hall–Kier alpha value is -3.06. The highest BCUT2D eigenvalue weighted by molar-refractivity contribution is 7.17. The number of imidazole rings is 1. The summed E-state index contributed by atoms with van der Waals surface area (Å²) in [5.41, 5.74) is 2.86. The lowest BCUT2D eigenvalue weighted by atomic mass is 10.2. The third-order valence-corrected chi connectivity index (χ3v) is 5.45. The molecule has 2 heterocycles. The predicted molar refractivity (Wildman–Crippen MR) is 101 cm³/mol. The van der Waals surface area contributed by atoms with Crippen LogP contribution in [0.3, 0.4) is 0 Å². The van der Waals surface area contributed by atoms with E-state index in [4.69, 9.17) is 0 Å². The molecule has 0 radical (unpaired) electrons. The number of amides is 1. The summed E-state index contributed by atoms with van der Waals surface area (Å²) in [5.74, 6) is -1.05. The van der Waals surface area contributed by atoms with Crippen molar-refractivity contribution in [3.63, 3.8) is 0 Å². The molecule has 0 aliphatic carbocycles. The molecule has 4 rings (SSSR count). The van der Waals surface area contributed by atoms with Crippen LogP contribution in [0.2, 0.25) is 0 Å². The summed E-state index contributed by atoms with van der Waals surface area (Å²) in [4.78, 5) is 18.5. The number of nitrogens with one attached hydrogen (secondary N) is 1. The van der Waals surface area contributed by atoms with Gasteiger partial charge in [-0.15, -0.1) is 0 Å². The van der Waals surface area contributed by atoms with Crippen LogP contribution < -0.4 is 5.32 Å². The number of rotatable bonds is 4. The number of carbonyl (C=O) groups is 1. The van der Waals surface area contributed by atoms with Gasteiger partial charge in [0.15, 0.2) is 4.96 Å². The molecule has 0 aliphatic rings. The maximum absolute atomic E-state index is 13.2. The van der Waals surface area contributed by atoms with Gasteiger partial charge in [-0.25, -0.2) is 13.8 Å². The van der Waals surface area contributed by atoms with E-state index >= 15 is 0 Å². The Bertz CT molecular complexity index is 1130. The molecule has 4 nitrogen and oxygen atoms in total. The Morgan fingerprint density at radius 2 is 1.93 bits per heavy atom. The number of aryl methyl sites for hydroxylation is 1. The summed E-state index contributed by atoms with van der Waals surface area (Å²) >= 11 is 1.47. The first-order valence-corrected chi connectivity index (χ1v) is 9.10. The van der Waals surface area contributed by atoms with Crippen molar-refractivity contribution in [3.8, 4) is 11.3 Å². The van der Waals surface area contributed by atoms with Gasteiger partial charge in [0.1, 0.15) is 11.6 Å². The Labute approximate surface area is 158 Å². The molecule has 2 aromatic carbocycles. The fraction of sp³-hybridized carbons (Fsp3) is 0.100. The van der Waals surface area contributed by atoms with E-state index in [9.17, 15) is 13.6 Å². The Balaban J connectivity index is 1.53. The number of aromatic nitrogens is 2. The van der Waals surface area contributed by atoms with Gasteiger partial charge < -0.3 is 5.32 Å². The van der Waals surface area contributed by atoms with E-state index in [-0.39, 0.29) is 17.3 Å². The third-order valence-electron chi connectivity index (χ3n) is 4.29. The first-order valence-electron chi connectivity index (χ1n) is 8.28. The fourth-order valence-electron chi connectivity index (χ4n) is 2.81. The van der Waals surface area contributed by atoms with E-state index < -0.39 is 5.82 Å². The molecule has 0 aliphatic heterocycles. The number of thiazole rings is 1. The number of hydrogen-bond donors (Lipinski definition) is 1. The average Bonchev–Trinajstić information content (AvgIpc) is 3.20. The van der Waals surface area contributed by atoms with Crippen LogP contribution in [0.25, 0.3) is 16.2 Å². The van der Waals surface area contributed by atoms with Gasteiger partial charge in [0.2, 0.25) is 0 Å². The highest BCUT2D eigenvalue weighted by atomic mass is 32.1. The number of benzene rings is 2. The van der Waals surface area contributed by atoms with Gasteiger partial charge in [0.25, 0.3) is 5.91 Å². The average molecular weight is 383 g/mol. The van der Waals surface area contributed by atoms with Crippen LogP contribution in [0.15, 0.2) is 54.7 Å². The second-order valence-corrected chi connectivity index (χ2v) is 7.15. The second kappa shape index (κ2) is 6.92. The molecule has 136 valence electrons. The molecule has 0 saturated heterocycles. The van der Waals surface area contributed by atoms with Crippen molar-refractivity contribution < 1.29 is 13.6 Å². The summed E-state index contributed by atoms with van der Waals surface area (Å²) in [6, 6.07) is 11.8. The number of carbonyl (C=O) groups excluding carboxylic acids is 1. The summed E-state index contributed by atoms with van der Waals surface area (Å²) in [6.07, 6.45) is 1.90. The van der Waals surface area contributed by atoms with Crippen molar-refractivity contribution in [1.29, 1.82) is 0 Å². The largest absolute Gasteiger partial charge is 0.347 e. The molecule has 27 heavy (non-hydrogen) atoms. The molecule has 2 aromatic heterocycles. The van der Waals surface area contributed by atoms with Crippen LogP contribution >= 0.6 is 11.3 Å². The van der Waals surface area contributed by atoms with Gasteiger partial charge in [0.05, 0.1) is 12.2 Å². The first-order chi connectivity index (χ1) is 13.0. The summed E-state index contributed by atoms with van der Waals surface area (Å²) in [7, 11) is 0. The molecule has 1 N–H and O–H groups in total. The molecule has 0 spiro atoms. The van der Waals surface area contributed by atoms with Crippen LogP contribution in [-0.4, -0.2) is 15.3 Å². The van der Waals surface area contributed by atoms with Gasteiger partial charge >= 0.3 is 0 Å². The van der Waals surface area contributed by atoms with Gasteiger partial charge in [-0.05, 0) is 49.4 Å². The maximum Gasteiger partial charge on any atom is 0.251 e. The van der Waals surface area contributed by atoms with Crippen LogP contribution in [0.4, 0.5) is 8.78 Å². The number of halogens is 2. The Kier molecular flexibility index (Phi) is 4.45. The molecule has 0 unspecified atom stereocenters. The van der Waals surface area contributed by atoms with Crippen molar-refractivity contribution in [2.24, 2.45) is 0 Å². The monoisotopic (exact) mass is 383 g/mol. The lowest BCUT2D eigenvalue weighted by Crippen LogP contribution is -2.22. The minimum atomic E-state index is -0.443. The van der Waals surface area contributed by atoms with E-state index in [2.05, 4.69) is 10.3 Å². The third kappa shape index (κ3) is 3.46. The minimum Gasteiger partial charge on any atom is -0.347 e. The Morgan fingerprint density at radius 3 is 2.63 bits per heavy atom. The molecular formula is C20H15F2N3OS. The van der Waals surface area contributed by atoms with E-state index in [1.165, 1.54) is 41.7 Å². The quantitative estimate of drug-likeness (QED) is 0.561. The zero-order valence-electron chi connectivity index (χ0n) is 14.4. The van der Waals surface area contributed by atoms with E-state index in [1.54, 1.807) is 18.2 Å². The van der Waals surface area contributed by atoms with Gasteiger partial charge in [-0.3, -0.25) is 9.20 Å². The molecule has 0 fully saturated rings. The lowest BCUT2D eigenvalue weighted by molar-refractivity contribution is 0.0951. The molecule has 1 amide bonds. The topological polar surface area (TPSA) is 46.4 Å². The van der Waals surface area contributed by atoms with Crippen LogP contribution in [0, 0.1) is 18.6 Å². The predicted octanol–water partition coefficient (Wildman–Crippen LogP) is 4.58. The van der Waals surface area contributed by atoms with Crippen LogP contribution in [0.5, 0.6) is 0 Å². The standard InChI is InChI=1S/C20H15F2N3OS/c1-12-18(10-23-19(26)14-3-2-4-16(22)9-14)27-20-24-17(11-25(12)20)13-5-7-15(21)8-6-13/h2-9,11H,10H2,1H3,(H,23,26). The molecule has 7 heteroatoms. The van der Waals surface area contributed by atoms with E-state index in [0.29, 0.717) is 6.54 Å². The fourth-order valence-corrected chi connectivity index (χ4v) is 3.85. The molecule has 0 saturated carbocycles. The number of hydrogen-bond acceptors (Lipinski definition) is 3. The smallest absolute Gasteiger partial charge is 0.251 e. The highest BCUT2D eigenvalue weighted by Gasteiger charge is 2.14. The Morgan fingerprint density at radius 1 is 1.15 bits per heavy atom. The molecule has 4 aromatic rings. The SMILES string of the molecule is Cc1c(CNC(=O)c2cccc(F)c2)sc2nc(-c3ccc(F)cc3)cn12. The number of fused-ring (bicyclic) bond motifs is 1. The molecular weight excluding hydrogens is 368 g/mol.